The number of aromatic nitrogens is 1. The second-order valence-electron chi connectivity index (χ2n) is 4.14. The van der Waals surface area contributed by atoms with Crippen LogP contribution in [0.15, 0.2) is 18.2 Å². The Morgan fingerprint density at radius 2 is 2.11 bits per heavy atom. The lowest BCUT2D eigenvalue weighted by molar-refractivity contribution is 0.101. The summed E-state index contributed by atoms with van der Waals surface area (Å²) in [5.41, 5.74) is 3.26. The number of anilines is 2. The molecule has 2 aromatic rings. The second-order valence-corrected chi connectivity index (χ2v) is 5.32. The summed E-state index contributed by atoms with van der Waals surface area (Å²) < 4.78 is 4.20. The Balaban J connectivity index is 2.37. The van der Waals surface area contributed by atoms with Gasteiger partial charge in [0.2, 0.25) is 0 Å². The Kier molecular flexibility index (Phi) is 3.68. The summed E-state index contributed by atoms with van der Waals surface area (Å²) in [6, 6.07) is 5.75. The largest absolute Gasteiger partial charge is 0.344 e. The number of nitrogens with zero attached hydrogens (tertiary/aromatic N) is 1. The minimum Gasteiger partial charge on any atom is -0.344 e. The lowest BCUT2D eigenvalue weighted by Gasteiger charge is -2.08. The minimum atomic E-state index is 0.00647. The Hall–Kier alpha value is -1.39. The molecule has 0 radical (unpaired) electrons. The smallest absolute Gasteiger partial charge is 0.164 e. The SMILES string of the molecule is CC(=O)c1c(C)nsc1Nc1ccc(C)cc1Cl. The van der Waals surface area contributed by atoms with E-state index in [9.17, 15) is 4.79 Å². The monoisotopic (exact) mass is 280 g/mol. The summed E-state index contributed by atoms with van der Waals surface area (Å²) in [5.74, 6) is 0.00647. The van der Waals surface area contributed by atoms with Gasteiger partial charge in [-0.25, -0.2) is 0 Å². The normalized spacial score (nSPS) is 10.4. The number of aryl methyl sites for hydroxylation is 2. The van der Waals surface area contributed by atoms with Crippen LogP contribution in [0.25, 0.3) is 0 Å². The maximum Gasteiger partial charge on any atom is 0.164 e. The molecule has 18 heavy (non-hydrogen) atoms. The lowest BCUT2D eigenvalue weighted by atomic mass is 10.1. The van der Waals surface area contributed by atoms with Crippen molar-refractivity contribution < 1.29 is 4.79 Å². The molecule has 94 valence electrons. The highest BCUT2D eigenvalue weighted by Crippen LogP contribution is 2.32. The number of ketones is 1. The van der Waals surface area contributed by atoms with Gasteiger partial charge in [0.05, 0.1) is 22.0 Å². The molecule has 0 unspecified atom stereocenters. The molecule has 1 heterocycles. The predicted molar refractivity (Wildman–Crippen MR) is 76.3 cm³/mol. The van der Waals surface area contributed by atoms with E-state index >= 15 is 0 Å². The van der Waals surface area contributed by atoms with Crippen molar-refractivity contribution in [2.24, 2.45) is 0 Å². The summed E-state index contributed by atoms with van der Waals surface area (Å²) >= 11 is 7.43. The first-order valence-corrected chi connectivity index (χ1v) is 6.64. The molecule has 3 nitrogen and oxygen atoms in total. The number of rotatable bonds is 3. The molecule has 0 aliphatic rings. The molecule has 0 amide bonds. The topological polar surface area (TPSA) is 42.0 Å². The molecule has 0 bridgehead atoms. The zero-order valence-electron chi connectivity index (χ0n) is 10.4. The van der Waals surface area contributed by atoms with E-state index in [-0.39, 0.29) is 5.78 Å². The van der Waals surface area contributed by atoms with Crippen LogP contribution in [-0.4, -0.2) is 10.2 Å². The van der Waals surface area contributed by atoms with Crippen LogP contribution in [0.1, 0.15) is 28.5 Å². The number of halogens is 1. The van der Waals surface area contributed by atoms with Gasteiger partial charge < -0.3 is 5.32 Å². The van der Waals surface area contributed by atoms with Crippen molar-refractivity contribution in [3.8, 4) is 0 Å². The number of Topliss-reactive ketones (excluding diaryl/α,β-unsaturated/α-hetero) is 1. The number of benzene rings is 1. The number of carbonyl (C=O) groups is 1. The third kappa shape index (κ3) is 2.54. The van der Waals surface area contributed by atoms with Crippen molar-refractivity contribution in [1.82, 2.24) is 4.37 Å². The fourth-order valence-corrected chi connectivity index (χ4v) is 2.85. The Labute approximate surface area is 115 Å². The lowest BCUT2D eigenvalue weighted by Crippen LogP contribution is -1.99. The van der Waals surface area contributed by atoms with Crippen molar-refractivity contribution in [2.45, 2.75) is 20.8 Å². The first kappa shape index (κ1) is 13.1. The third-order valence-electron chi connectivity index (χ3n) is 2.59. The summed E-state index contributed by atoms with van der Waals surface area (Å²) in [6.45, 7) is 5.35. The highest BCUT2D eigenvalue weighted by atomic mass is 35.5. The number of nitrogens with one attached hydrogen (secondary N) is 1. The van der Waals surface area contributed by atoms with E-state index in [0.29, 0.717) is 10.6 Å². The molecular weight excluding hydrogens is 268 g/mol. The van der Waals surface area contributed by atoms with E-state index in [0.717, 1.165) is 21.9 Å². The van der Waals surface area contributed by atoms with Gasteiger partial charge in [-0.2, -0.15) is 4.37 Å². The number of carbonyl (C=O) groups excluding carboxylic acids is 1. The molecular formula is C13H13ClN2OS. The van der Waals surface area contributed by atoms with Crippen molar-refractivity contribution in [1.29, 1.82) is 0 Å². The maximum atomic E-state index is 11.6. The fraction of sp³-hybridized carbons (Fsp3) is 0.231. The Bertz CT molecular complexity index is 607. The summed E-state index contributed by atoms with van der Waals surface area (Å²) in [7, 11) is 0. The molecule has 0 spiro atoms. The van der Waals surface area contributed by atoms with Gasteiger partial charge in [-0.05, 0) is 50.0 Å². The molecule has 1 N–H and O–H groups in total. The second kappa shape index (κ2) is 5.08. The van der Waals surface area contributed by atoms with Gasteiger partial charge in [-0.15, -0.1) is 0 Å². The highest BCUT2D eigenvalue weighted by Gasteiger charge is 2.15. The van der Waals surface area contributed by atoms with Gasteiger partial charge >= 0.3 is 0 Å². The molecule has 0 aliphatic heterocycles. The van der Waals surface area contributed by atoms with Crippen molar-refractivity contribution in [2.75, 3.05) is 5.32 Å². The van der Waals surface area contributed by atoms with Crippen LogP contribution in [0.3, 0.4) is 0 Å². The van der Waals surface area contributed by atoms with Gasteiger partial charge in [-0.1, -0.05) is 17.7 Å². The van der Waals surface area contributed by atoms with Crippen molar-refractivity contribution in [3.63, 3.8) is 0 Å². The van der Waals surface area contributed by atoms with Crippen LogP contribution in [0, 0.1) is 13.8 Å². The minimum absolute atomic E-state index is 0.00647. The van der Waals surface area contributed by atoms with Crippen LogP contribution in [0.2, 0.25) is 5.02 Å². The van der Waals surface area contributed by atoms with Crippen LogP contribution in [0.5, 0.6) is 0 Å². The molecule has 1 aromatic heterocycles. The average Bonchev–Trinajstić information content (AvgIpc) is 2.64. The van der Waals surface area contributed by atoms with Gasteiger partial charge in [0, 0.05) is 0 Å². The van der Waals surface area contributed by atoms with E-state index in [1.165, 1.54) is 11.5 Å². The zero-order valence-corrected chi connectivity index (χ0v) is 11.9. The van der Waals surface area contributed by atoms with E-state index in [1.54, 1.807) is 6.92 Å². The van der Waals surface area contributed by atoms with E-state index < -0.39 is 0 Å². The van der Waals surface area contributed by atoms with E-state index in [2.05, 4.69) is 9.69 Å². The quantitative estimate of drug-likeness (QED) is 0.850. The molecule has 0 saturated carbocycles. The standard InChI is InChI=1S/C13H13ClN2OS/c1-7-4-5-11(10(14)6-7)15-13-12(9(3)17)8(2)16-18-13/h4-6,15H,1-3H3. The summed E-state index contributed by atoms with van der Waals surface area (Å²) in [4.78, 5) is 11.6. The predicted octanol–water partition coefficient (Wildman–Crippen LogP) is 4.36. The number of hydrogen-bond donors (Lipinski definition) is 1. The summed E-state index contributed by atoms with van der Waals surface area (Å²) in [6.07, 6.45) is 0. The first-order chi connectivity index (χ1) is 8.49. The van der Waals surface area contributed by atoms with Gasteiger partial charge in [0.1, 0.15) is 5.00 Å². The zero-order chi connectivity index (χ0) is 13.3. The van der Waals surface area contributed by atoms with Crippen LogP contribution in [-0.2, 0) is 0 Å². The van der Waals surface area contributed by atoms with E-state index in [1.807, 2.05) is 32.0 Å². The van der Waals surface area contributed by atoms with Crippen molar-refractivity contribution >= 4 is 39.6 Å². The third-order valence-corrected chi connectivity index (χ3v) is 3.75. The van der Waals surface area contributed by atoms with E-state index in [4.69, 9.17) is 11.6 Å². The number of hydrogen-bond acceptors (Lipinski definition) is 4. The molecule has 0 fully saturated rings. The van der Waals surface area contributed by atoms with Gasteiger partial charge in [-0.3, -0.25) is 4.79 Å². The van der Waals surface area contributed by atoms with Crippen molar-refractivity contribution in [3.05, 3.63) is 40.0 Å². The maximum absolute atomic E-state index is 11.6. The molecule has 0 atom stereocenters. The van der Waals surface area contributed by atoms with Crippen LogP contribution >= 0.6 is 23.1 Å². The van der Waals surface area contributed by atoms with Crippen LogP contribution in [0.4, 0.5) is 10.7 Å². The fourth-order valence-electron chi connectivity index (χ4n) is 1.71. The van der Waals surface area contributed by atoms with Gasteiger partial charge in [0.15, 0.2) is 5.78 Å². The molecule has 0 aliphatic carbocycles. The summed E-state index contributed by atoms with van der Waals surface area (Å²) in [5, 5.41) is 4.55. The first-order valence-electron chi connectivity index (χ1n) is 5.49. The molecule has 0 saturated heterocycles. The highest BCUT2D eigenvalue weighted by molar-refractivity contribution is 7.10. The van der Waals surface area contributed by atoms with Crippen LogP contribution < -0.4 is 5.32 Å². The Morgan fingerprint density at radius 3 is 2.72 bits per heavy atom. The average molecular weight is 281 g/mol. The molecule has 2 rings (SSSR count). The Morgan fingerprint density at radius 1 is 1.39 bits per heavy atom. The molecule has 1 aromatic carbocycles. The van der Waals surface area contributed by atoms with Gasteiger partial charge in [0.25, 0.3) is 0 Å². The molecule has 5 heteroatoms.